The van der Waals surface area contributed by atoms with Gasteiger partial charge in [0.25, 0.3) is 0 Å². The number of rotatable bonds is 1. The quantitative estimate of drug-likeness (QED) is 0.454. The molecule has 0 rings (SSSR count). The van der Waals surface area contributed by atoms with Gasteiger partial charge < -0.3 is 0 Å². The first-order valence-corrected chi connectivity index (χ1v) is 2.50. The Bertz CT molecular complexity index is 63.0. The molecule has 0 saturated carbocycles. The van der Waals surface area contributed by atoms with Gasteiger partial charge in [-0.15, -0.1) is 0 Å². The van der Waals surface area contributed by atoms with Gasteiger partial charge in [-0.1, -0.05) is 0 Å². The Morgan fingerprint density at radius 2 is 1.86 bits per heavy atom. The maximum absolute atomic E-state index is 9.82. The first-order chi connectivity index (χ1) is 3.06. The van der Waals surface area contributed by atoms with E-state index in [4.69, 9.17) is 0 Å². The van der Waals surface area contributed by atoms with Crippen LogP contribution in [0.5, 0.6) is 0 Å². The fourth-order valence-corrected chi connectivity index (χ4v) is 0.250. The van der Waals surface area contributed by atoms with E-state index in [1.165, 1.54) is 0 Å². The average Bonchev–Trinajstić information content (AvgIpc) is 1.30. The van der Waals surface area contributed by atoms with Crippen molar-refractivity contribution in [2.45, 2.75) is 27.1 Å². The third-order valence-corrected chi connectivity index (χ3v) is 0.696. The molecule has 1 nitrogen and oxygen atoms in total. The van der Waals surface area contributed by atoms with E-state index in [9.17, 15) is 4.70 Å². The molecule has 0 aromatic heterocycles. The van der Waals surface area contributed by atoms with Crippen molar-refractivity contribution in [3.8, 4) is 0 Å². The van der Waals surface area contributed by atoms with Gasteiger partial charge in [0.1, 0.15) is 0 Å². The van der Waals surface area contributed by atoms with Crippen LogP contribution in [0.1, 0.15) is 20.8 Å². The van der Waals surface area contributed by atoms with Crippen LogP contribution >= 0.6 is 0 Å². The Labute approximate surface area is 45.4 Å². The van der Waals surface area contributed by atoms with Crippen molar-refractivity contribution in [1.29, 1.82) is 0 Å². The van der Waals surface area contributed by atoms with Crippen LogP contribution in [0.4, 0.5) is 0 Å². The second-order valence-corrected chi connectivity index (χ2v) is 2.93. The molecule has 2 heteroatoms. The maximum atomic E-state index is 9.82. The Hall–Kier alpha value is -0.135. The summed E-state index contributed by atoms with van der Waals surface area (Å²) in [7, 11) is 0.958. The van der Waals surface area contributed by atoms with Gasteiger partial charge in [0, 0.05) is 0 Å². The summed E-state index contributed by atoms with van der Waals surface area (Å²) >= 11 is 0. The zero-order valence-electron chi connectivity index (χ0n) is 5.19. The van der Waals surface area contributed by atoms with Crippen molar-refractivity contribution in [1.82, 2.24) is 0 Å². The van der Waals surface area contributed by atoms with Crippen LogP contribution in [0.15, 0.2) is 0 Å². The molecule has 0 N–H and O–H groups in total. The molecular weight excluding hydrogens is 86.9 g/mol. The Balaban J connectivity index is 3.34. The van der Waals surface area contributed by atoms with Gasteiger partial charge in [0.05, 0.1) is 0 Å². The van der Waals surface area contributed by atoms with Crippen molar-refractivity contribution in [2.75, 3.05) is 0 Å². The molecule has 0 atom stereocenters. The molecular formula is C5H11BO. The summed E-state index contributed by atoms with van der Waals surface area (Å²) in [5, 5.41) is 0. The van der Waals surface area contributed by atoms with Crippen molar-refractivity contribution in [3.05, 3.63) is 0 Å². The molecule has 0 aromatic carbocycles. The molecule has 0 aliphatic rings. The molecule has 0 heterocycles. The van der Waals surface area contributed by atoms with E-state index in [2.05, 4.69) is 0 Å². The number of hydrogen-bond acceptors (Lipinski definition) is 1. The van der Waals surface area contributed by atoms with Crippen LogP contribution in [0, 0.1) is 5.41 Å². The molecule has 0 amide bonds. The van der Waals surface area contributed by atoms with Crippen molar-refractivity contribution < 1.29 is 4.70 Å². The van der Waals surface area contributed by atoms with Crippen LogP contribution in [-0.2, 0) is 4.70 Å². The van der Waals surface area contributed by atoms with E-state index in [0.29, 0.717) is 6.32 Å². The molecule has 0 radical (unpaired) electrons. The van der Waals surface area contributed by atoms with Gasteiger partial charge in [0.2, 0.25) is 0 Å². The third-order valence-electron chi connectivity index (χ3n) is 0.696. The van der Waals surface area contributed by atoms with E-state index in [1.54, 1.807) is 0 Å². The molecule has 0 aliphatic heterocycles. The zero-order chi connectivity index (χ0) is 5.91. The van der Waals surface area contributed by atoms with Gasteiger partial charge in [-0.25, -0.2) is 0 Å². The van der Waals surface area contributed by atoms with E-state index >= 15 is 0 Å². The summed E-state index contributed by atoms with van der Waals surface area (Å²) < 4.78 is 9.82. The van der Waals surface area contributed by atoms with Gasteiger partial charge in [-0.05, 0) is 0 Å². The van der Waals surface area contributed by atoms with E-state index in [0.717, 1.165) is 7.15 Å². The van der Waals surface area contributed by atoms with Crippen LogP contribution in [0.2, 0.25) is 6.32 Å². The van der Waals surface area contributed by atoms with Crippen molar-refractivity contribution in [2.24, 2.45) is 5.41 Å². The van der Waals surface area contributed by atoms with Crippen LogP contribution in [0.3, 0.4) is 0 Å². The summed E-state index contributed by atoms with van der Waals surface area (Å²) in [4.78, 5) is 0. The zero-order valence-corrected chi connectivity index (χ0v) is 5.19. The Morgan fingerprint density at radius 1 is 1.43 bits per heavy atom. The molecule has 0 unspecified atom stereocenters. The SMILES string of the molecule is CC(C)(C)CB=O. The van der Waals surface area contributed by atoms with Crippen LogP contribution in [0.25, 0.3) is 0 Å². The molecule has 0 bridgehead atoms. The number of hydrogen-bond donors (Lipinski definition) is 0. The predicted octanol–water partition coefficient (Wildman–Crippen LogP) is 1.50. The van der Waals surface area contributed by atoms with Crippen LogP contribution in [-0.4, -0.2) is 7.15 Å². The van der Waals surface area contributed by atoms with E-state index in [-0.39, 0.29) is 5.41 Å². The minimum atomic E-state index is 0.182. The fourth-order valence-electron chi connectivity index (χ4n) is 0.250. The third kappa shape index (κ3) is 5.86. The first kappa shape index (κ1) is 6.86. The van der Waals surface area contributed by atoms with Gasteiger partial charge in [-0.2, -0.15) is 0 Å². The molecule has 0 saturated heterocycles. The summed E-state index contributed by atoms with van der Waals surface area (Å²) in [6, 6.07) is 0. The normalized spacial score (nSPS) is 10.7. The van der Waals surface area contributed by atoms with Crippen molar-refractivity contribution >= 4 is 7.15 Å². The molecule has 0 spiro atoms. The monoisotopic (exact) mass is 98.1 g/mol. The average molecular weight is 98.0 g/mol. The second kappa shape index (κ2) is 2.24. The van der Waals surface area contributed by atoms with E-state index in [1.807, 2.05) is 20.8 Å². The topological polar surface area (TPSA) is 17.1 Å². The van der Waals surface area contributed by atoms with E-state index < -0.39 is 0 Å². The Kier molecular flexibility index (Phi) is 2.20. The summed E-state index contributed by atoms with van der Waals surface area (Å²) in [5.41, 5.74) is 0.182. The molecule has 0 aromatic rings. The fraction of sp³-hybridized carbons (Fsp3) is 1.00. The van der Waals surface area contributed by atoms with Gasteiger partial charge in [-0.3, -0.25) is 0 Å². The van der Waals surface area contributed by atoms with Crippen molar-refractivity contribution in [3.63, 3.8) is 0 Å². The van der Waals surface area contributed by atoms with Gasteiger partial charge >= 0.3 is 44.4 Å². The minimum absolute atomic E-state index is 0.182. The second-order valence-electron chi connectivity index (χ2n) is 2.93. The summed E-state index contributed by atoms with van der Waals surface area (Å²) in [6.45, 7) is 6.13. The first-order valence-electron chi connectivity index (χ1n) is 2.50. The molecule has 0 aliphatic carbocycles. The molecule has 7 heavy (non-hydrogen) atoms. The van der Waals surface area contributed by atoms with Crippen LogP contribution < -0.4 is 0 Å². The molecule has 40 valence electrons. The van der Waals surface area contributed by atoms with Gasteiger partial charge in [0.15, 0.2) is 0 Å². The standard InChI is InChI=1S/C5H11BO/c1-5(2,3)4-6-7/h4H2,1-3H3. The Morgan fingerprint density at radius 3 is 1.86 bits per heavy atom. The predicted molar refractivity (Wildman–Crippen MR) is 30.7 cm³/mol. The summed E-state index contributed by atoms with van der Waals surface area (Å²) in [6.07, 6.45) is 0.660. The summed E-state index contributed by atoms with van der Waals surface area (Å²) in [5.74, 6) is 0. The molecule has 0 fully saturated rings.